The minimum atomic E-state index is -0.784. The zero-order valence-electron chi connectivity index (χ0n) is 11.7. The summed E-state index contributed by atoms with van der Waals surface area (Å²) < 4.78 is 7.15. The van der Waals surface area contributed by atoms with Crippen LogP contribution in [0.15, 0.2) is 24.3 Å². The first-order valence-corrected chi connectivity index (χ1v) is 6.32. The number of rotatable bonds is 4. The minimum Gasteiger partial charge on any atom is -0.497 e. The summed E-state index contributed by atoms with van der Waals surface area (Å²) in [6, 6.07) is 7.72. The molecule has 19 heavy (non-hydrogen) atoms. The molecule has 0 aliphatic carbocycles. The standard InChI is InChI=1S/C15H19NO3/c1-9(2)14(15(17)18)13-7-10-5-6-11(19-4)8-12(10)16(13)3/h5-9,14H,1-4H3,(H,17,18). The maximum Gasteiger partial charge on any atom is 0.312 e. The number of carboxylic acid groups (broad SMARTS) is 1. The molecule has 1 N–H and O–H groups in total. The van der Waals surface area contributed by atoms with Gasteiger partial charge in [-0.05, 0) is 24.1 Å². The summed E-state index contributed by atoms with van der Waals surface area (Å²) in [7, 11) is 3.52. The number of fused-ring (bicyclic) bond motifs is 1. The molecular formula is C15H19NO3. The fourth-order valence-electron chi connectivity index (χ4n) is 2.51. The molecule has 0 aliphatic rings. The van der Waals surface area contributed by atoms with E-state index in [2.05, 4.69) is 0 Å². The molecule has 0 radical (unpaired) electrons. The van der Waals surface area contributed by atoms with E-state index in [-0.39, 0.29) is 5.92 Å². The molecule has 1 aromatic carbocycles. The first-order valence-electron chi connectivity index (χ1n) is 6.32. The Kier molecular flexibility index (Phi) is 3.51. The van der Waals surface area contributed by atoms with Crippen molar-refractivity contribution in [1.82, 2.24) is 4.57 Å². The van der Waals surface area contributed by atoms with Gasteiger partial charge in [0.25, 0.3) is 0 Å². The molecule has 4 heteroatoms. The van der Waals surface area contributed by atoms with Crippen LogP contribution in [0.4, 0.5) is 0 Å². The van der Waals surface area contributed by atoms with E-state index in [1.54, 1.807) is 7.11 Å². The van der Waals surface area contributed by atoms with Crippen LogP contribution >= 0.6 is 0 Å². The molecule has 2 aromatic rings. The molecule has 1 aromatic heterocycles. The summed E-state index contributed by atoms with van der Waals surface area (Å²) in [5.74, 6) is -0.463. The highest BCUT2D eigenvalue weighted by molar-refractivity contribution is 5.85. The van der Waals surface area contributed by atoms with Crippen LogP contribution in [0.25, 0.3) is 10.9 Å². The molecule has 2 rings (SSSR count). The number of benzene rings is 1. The SMILES string of the molecule is COc1ccc2cc(C(C(=O)O)C(C)C)n(C)c2c1. The Morgan fingerprint density at radius 2 is 2.00 bits per heavy atom. The Morgan fingerprint density at radius 1 is 1.32 bits per heavy atom. The zero-order valence-corrected chi connectivity index (χ0v) is 11.7. The van der Waals surface area contributed by atoms with E-state index in [4.69, 9.17) is 4.74 Å². The Bertz CT molecular complexity index is 613. The molecule has 1 unspecified atom stereocenters. The van der Waals surface area contributed by atoms with E-state index >= 15 is 0 Å². The third-order valence-electron chi connectivity index (χ3n) is 3.54. The highest BCUT2D eigenvalue weighted by Gasteiger charge is 2.26. The van der Waals surface area contributed by atoms with Gasteiger partial charge in [-0.1, -0.05) is 13.8 Å². The highest BCUT2D eigenvalue weighted by atomic mass is 16.5. The van der Waals surface area contributed by atoms with E-state index < -0.39 is 11.9 Å². The second-order valence-electron chi connectivity index (χ2n) is 5.11. The van der Waals surface area contributed by atoms with Crippen LogP contribution in [0.5, 0.6) is 5.75 Å². The van der Waals surface area contributed by atoms with Crippen LogP contribution < -0.4 is 4.74 Å². The molecule has 0 aliphatic heterocycles. The van der Waals surface area contributed by atoms with E-state index in [0.717, 1.165) is 22.3 Å². The zero-order chi connectivity index (χ0) is 14.2. The number of nitrogens with zero attached hydrogens (tertiary/aromatic N) is 1. The molecule has 102 valence electrons. The van der Waals surface area contributed by atoms with Gasteiger partial charge in [-0.15, -0.1) is 0 Å². The largest absolute Gasteiger partial charge is 0.497 e. The number of methoxy groups -OCH3 is 1. The number of ether oxygens (including phenoxy) is 1. The molecule has 1 atom stereocenters. The summed E-state index contributed by atoms with van der Waals surface area (Å²) in [5.41, 5.74) is 1.81. The van der Waals surface area contributed by atoms with Gasteiger partial charge in [0.2, 0.25) is 0 Å². The normalized spacial score (nSPS) is 12.9. The van der Waals surface area contributed by atoms with Crippen molar-refractivity contribution in [2.75, 3.05) is 7.11 Å². The number of hydrogen-bond acceptors (Lipinski definition) is 2. The lowest BCUT2D eigenvalue weighted by Crippen LogP contribution is -2.20. The topological polar surface area (TPSA) is 51.5 Å². The van der Waals surface area contributed by atoms with E-state index in [1.807, 2.05) is 49.7 Å². The van der Waals surface area contributed by atoms with Crippen LogP contribution in [0, 0.1) is 5.92 Å². The predicted molar refractivity (Wildman–Crippen MR) is 74.7 cm³/mol. The van der Waals surface area contributed by atoms with Crippen molar-refractivity contribution in [2.45, 2.75) is 19.8 Å². The van der Waals surface area contributed by atoms with Crippen LogP contribution in [0.2, 0.25) is 0 Å². The second kappa shape index (κ2) is 4.96. The molecule has 0 bridgehead atoms. The number of aromatic nitrogens is 1. The number of hydrogen-bond donors (Lipinski definition) is 1. The highest BCUT2D eigenvalue weighted by Crippen LogP contribution is 2.31. The van der Waals surface area contributed by atoms with Crippen molar-refractivity contribution in [3.05, 3.63) is 30.0 Å². The smallest absolute Gasteiger partial charge is 0.312 e. The average Bonchev–Trinajstić information content (AvgIpc) is 2.66. The summed E-state index contributed by atoms with van der Waals surface area (Å²) >= 11 is 0. The second-order valence-corrected chi connectivity index (χ2v) is 5.11. The van der Waals surface area contributed by atoms with Crippen LogP contribution in [0.3, 0.4) is 0 Å². The van der Waals surface area contributed by atoms with Gasteiger partial charge < -0.3 is 14.4 Å². The van der Waals surface area contributed by atoms with Gasteiger partial charge in [0, 0.05) is 24.2 Å². The first-order chi connectivity index (χ1) is 8.95. The quantitative estimate of drug-likeness (QED) is 0.920. The molecule has 1 heterocycles. The van der Waals surface area contributed by atoms with Gasteiger partial charge in [-0.2, -0.15) is 0 Å². The van der Waals surface area contributed by atoms with Gasteiger partial charge in [-0.3, -0.25) is 4.79 Å². The monoisotopic (exact) mass is 261 g/mol. The fourth-order valence-corrected chi connectivity index (χ4v) is 2.51. The van der Waals surface area contributed by atoms with Crippen molar-refractivity contribution in [1.29, 1.82) is 0 Å². The summed E-state index contributed by atoms with van der Waals surface area (Å²) in [5, 5.41) is 10.4. The molecule has 0 spiro atoms. The van der Waals surface area contributed by atoms with Crippen molar-refractivity contribution in [2.24, 2.45) is 13.0 Å². The van der Waals surface area contributed by atoms with Gasteiger partial charge in [0.1, 0.15) is 5.75 Å². The van der Waals surface area contributed by atoms with Gasteiger partial charge in [0.05, 0.1) is 18.5 Å². The maximum absolute atomic E-state index is 11.5. The Balaban J connectivity index is 2.61. The van der Waals surface area contributed by atoms with Crippen LogP contribution in [0.1, 0.15) is 25.5 Å². The molecule has 0 saturated carbocycles. The van der Waals surface area contributed by atoms with E-state index in [9.17, 15) is 9.90 Å². The molecule has 0 saturated heterocycles. The lowest BCUT2D eigenvalue weighted by atomic mass is 9.92. The van der Waals surface area contributed by atoms with Crippen LogP contribution in [-0.4, -0.2) is 22.8 Å². The third kappa shape index (κ3) is 2.30. The third-order valence-corrected chi connectivity index (χ3v) is 3.54. The van der Waals surface area contributed by atoms with Gasteiger partial charge >= 0.3 is 5.97 Å². The summed E-state index contributed by atoms with van der Waals surface area (Å²) in [6.07, 6.45) is 0. The summed E-state index contributed by atoms with van der Waals surface area (Å²) in [4.78, 5) is 11.5. The maximum atomic E-state index is 11.5. The average molecular weight is 261 g/mol. The number of carbonyl (C=O) groups is 1. The number of carboxylic acids is 1. The van der Waals surface area contributed by atoms with Crippen molar-refractivity contribution in [3.8, 4) is 5.75 Å². The predicted octanol–water partition coefficient (Wildman–Crippen LogP) is 3.01. The Hall–Kier alpha value is -1.97. The van der Waals surface area contributed by atoms with Gasteiger partial charge in [-0.25, -0.2) is 0 Å². The molecule has 0 amide bonds. The number of aliphatic carboxylic acids is 1. The first kappa shape index (κ1) is 13.5. The molecule has 0 fully saturated rings. The molecular weight excluding hydrogens is 242 g/mol. The molecule has 4 nitrogen and oxygen atoms in total. The Morgan fingerprint density at radius 3 is 2.53 bits per heavy atom. The van der Waals surface area contributed by atoms with Crippen molar-refractivity contribution < 1.29 is 14.6 Å². The minimum absolute atomic E-state index is 0.0439. The van der Waals surface area contributed by atoms with E-state index in [0.29, 0.717) is 0 Å². The lowest BCUT2D eigenvalue weighted by molar-refractivity contribution is -0.140. The van der Waals surface area contributed by atoms with Crippen molar-refractivity contribution >= 4 is 16.9 Å². The van der Waals surface area contributed by atoms with E-state index in [1.165, 1.54) is 0 Å². The Labute approximate surface area is 112 Å². The lowest BCUT2D eigenvalue weighted by Gasteiger charge is -2.17. The fraction of sp³-hybridized carbons (Fsp3) is 0.400. The van der Waals surface area contributed by atoms with Crippen LogP contribution in [-0.2, 0) is 11.8 Å². The summed E-state index contributed by atoms with van der Waals surface area (Å²) in [6.45, 7) is 3.86. The van der Waals surface area contributed by atoms with Gasteiger partial charge in [0.15, 0.2) is 0 Å². The number of aryl methyl sites for hydroxylation is 1. The van der Waals surface area contributed by atoms with Crippen molar-refractivity contribution in [3.63, 3.8) is 0 Å².